The Bertz CT molecular complexity index is 1360. The van der Waals surface area contributed by atoms with Crippen LogP contribution in [0.3, 0.4) is 0 Å². The Balaban J connectivity index is 1.78. The van der Waals surface area contributed by atoms with Gasteiger partial charge in [-0.3, -0.25) is 9.79 Å². The molecular formula is C22H25N3O5S2. The van der Waals surface area contributed by atoms with Gasteiger partial charge in [0, 0.05) is 23.5 Å². The minimum atomic E-state index is -2.96. The Kier molecular flexibility index (Phi) is 6.00. The highest BCUT2D eigenvalue weighted by atomic mass is 32.2. The summed E-state index contributed by atoms with van der Waals surface area (Å²) in [6.07, 6.45) is 2.73. The topological polar surface area (TPSA) is 113 Å². The molecule has 1 fully saturated rings. The predicted octanol–water partition coefficient (Wildman–Crippen LogP) is 2.57. The Morgan fingerprint density at radius 3 is 2.50 bits per heavy atom. The van der Waals surface area contributed by atoms with E-state index in [4.69, 9.17) is 15.2 Å². The third-order valence-corrected chi connectivity index (χ3v) is 8.55. The summed E-state index contributed by atoms with van der Waals surface area (Å²) < 4.78 is 36.4. The molecule has 3 heterocycles. The number of nitrogens with zero attached hydrogens (tertiary/aromatic N) is 2. The van der Waals surface area contributed by atoms with Crippen LogP contribution in [0.4, 0.5) is 0 Å². The molecule has 0 spiro atoms. The molecule has 3 aromatic rings. The van der Waals surface area contributed by atoms with Crippen molar-refractivity contribution in [3.8, 4) is 22.6 Å². The van der Waals surface area contributed by atoms with Crippen LogP contribution in [-0.4, -0.2) is 50.6 Å². The van der Waals surface area contributed by atoms with Gasteiger partial charge in [0.05, 0.1) is 42.0 Å². The Morgan fingerprint density at radius 2 is 1.84 bits per heavy atom. The molecule has 4 rings (SSSR count). The number of pyridine rings is 1. The van der Waals surface area contributed by atoms with Gasteiger partial charge < -0.3 is 19.8 Å². The summed E-state index contributed by atoms with van der Waals surface area (Å²) in [5.41, 5.74) is 7.91. The van der Waals surface area contributed by atoms with Gasteiger partial charge in [0.2, 0.25) is 0 Å². The minimum Gasteiger partial charge on any atom is -0.493 e. The molecule has 1 saturated heterocycles. The number of nitrogens with two attached hydrogens (primary N) is 1. The first-order valence-corrected chi connectivity index (χ1v) is 12.8. The highest BCUT2D eigenvalue weighted by Crippen LogP contribution is 2.37. The number of benzene rings is 1. The van der Waals surface area contributed by atoms with Crippen molar-refractivity contribution in [1.82, 2.24) is 4.57 Å². The van der Waals surface area contributed by atoms with Gasteiger partial charge in [0.25, 0.3) is 5.56 Å². The van der Waals surface area contributed by atoms with E-state index in [1.807, 2.05) is 18.2 Å². The maximum Gasteiger partial charge on any atom is 0.259 e. The summed E-state index contributed by atoms with van der Waals surface area (Å²) in [5.74, 6) is 1.80. The smallest absolute Gasteiger partial charge is 0.259 e. The van der Waals surface area contributed by atoms with Gasteiger partial charge in [-0.1, -0.05) is 6.07 Å². The number of fused-ring (bicyclic) bond motifs is 1. The number of thiophene rings is 1. The molecule has 0 aliphatic carbocycles. The molecule has 1 aliphatic rings. The third-order valence-electron chi connectivity index (χ3n) is 5.64. The molecule has 0 unspecified atom stereocenters. The molecule has 0 bridgehead atoms. The second-order valence-corrected chi connectivity index (χ2v) is 11.1. The number of aryl methyl sites for hydroxylation is 1. The van der Waals surface area contributed by atoms with Crippen molar-refractivity contribution in [3.63, 3.8) is 0 Å². The lowest BCUT2D eigenvalue weighted by Gasteiger charge is -2.18. The molecule has 0 amide bonds. The lowest BCUT2D eigenvalue weighted by atomic mass is 10.1. The molecule has 0 saturated carbocycles. The van der Waals surface area contributed by atoms with E-state index in [9.17, 15) is 13.2 Å². The Morgan fingerprint density at radius 1 is 1.16 bits per heavy atom. The molecule has 2 aromatic heterocycles. The zero-order chi connectivity index (χ0) is 23.0. The van der Waals surface area contributed by atoms with E-state index in [2.05, 4.69) is 4.99 Å². The summed E-state index contributed by atoms with van der Waals surface area (Å²) >= 11 is 1.40. The lowest BCUT2D eigenvalue weighted by molar-refractivity contribution is 0.355. The van der Waals surface area contributed by atoms with E-state index in [-0.39, 0.29) is 23.1 Å². The number of amidine groups is 1. The monoisotopic (exact) mass is 475 g/mol. The standard InChI is InChI=1S/C22H25N3O5S2/c1-25-12-16(13-4-5-17(29-2)18(10-13)30-3)20-15(22(25)26)11-19(31-20)21(23)24-14-6-8-32(27,28)9-7-14/h4-5,10-12,14H,6-9H2,1-3H3,(H2,23,24). The van der Waals surface area contributed by atoms with Gasteiger partial charge in [-0.25, -0.2) is 8.42 Å². The van der Waals surface area contributed by atoms with Crippen molar-refractivity contribution in [2.24, 2.45) is 17.8 Å². The fraction of sp³-hybridized carbons (Fsp3) is 0.364. The van der Waals surface area contributed by atoms with Crippen molar-refractivity contribution in [2.75, 3.05) is 25.7 Å². The van der Waals surface area contributed by atoms with Gasteiger partial charge in [-0.2, -0.15) is 0 Å². The molecule has 0 atom stereocenters. The van der Waals surface area contributed by atoms with Gasteiger partial charge in [-0.05, 0) is 36.6 Å². The molecular weight excluding hydrogens is 450 g/mol. The fourth-order valence-electron chi connectivity index (χ4n) is 3.85. The van der Waals surface area contributed by atoms with E-state index >= 15 is 0 Å². The molecule has 1 aromatic carbocycles. The molecule has 0 radical (unpaired) electrons. The molecule has 170 valence electrons. The summed E-state index contributed by atoms with van der Waals surface area (Å²) in [4.78, 5) is 18.1. The van der Waals surface area contributed by atoms with Crippen LogP contribution in [0, 0.1) is 0 Å². The number of aliphatic imine (C=N–C) groups is 1. The van der Waals surface area contributed by atoms with E-state index < -0.39 is 9.84 Å². The van der Waals surface area contributed by atoms with Crippen LogP contribution in [0.1, 0.15) is 17.7 Å². The molecule has 10 heteroatoms. The van der Waals surface area contributed by atoms with E-state index in [0.717, 1.165) is 15.8 Å². The second kappa shape index (κ2) is 8.59. The number of hydrogen-bond acceptors (Lipinski definition) is 7. The number of sulfone groups is 1. The van der Waals surface area contributed by atoms with Crippen LogP contribution < -0.4 is 20.8 Å². The van der Waals surface area contributed by atoms with Crippen LogP contribution in [0.5, 0.6) is 11.5 Å². The van der Waals surface area contributed by atoms with E-state index in [1.165, 1.54) is 11.3 Å². The van der Waals surface area contributed by atoms with Gasteiger partial charge in [0.1, 0.15) is 15.7 Å². The van der Waals surface area contributed by atoms with Crippen molar-refractivity contribution in [3.05, 3.63) is 45.7 Å². The minimum absolute atomic E-state index is 0.122. The second-order valence-electron chi connectivity index (χ2n) is 7.78. The van der Waals surface area contributed by atoms with Crippen molar-refractivity contribution >= 4 is 37.1 Å². The zero-order valence-corrected chi connectivity index (χ0v) is 19.8. The third kappa shape index (κ3) is 4.24. The van der Waals surface area contributed by atoms with Crippen molar-refractivity contribution in [1.29, 1.82) is 0 Å². The summed E-state index contributed by atoms with van der Waals surface area (Å²) in [6, 6.07) is 7.26. The molecule has 32 heavy (non-hydrogen) atoms. The van der Waals surface area contributed by atoms with Crippen LogP contribution >= 0.6 is 11.3 Å². The number of methoxy groups -OCH3 is 2. The first-order valence-electron chi connectivity index (χ1n) is 10.1. The maximum absolute atomic E-state index is 12.8. The average Bonchev–Trinajstić information content (AvgIpc) is 3.23. The first-order chi connectivity index (χ1) is 15.2. The summed E-state index contributed by atoms with van der Waals surface area (Å²) in [6.45, 7) is 0. The SMILES string of the molecule is COc1ccc(-c2cn(C)c(=O)c3cc(C(N)=NC4CCS(=O)(=O)CC4)sc23)cc1OC. The normalized spacial score (nSPS) is 16.9. The number of hydrogen-bond donors (Lipinski definition) is 1. The van der Waals surface area contributed by atoms with Gasteiger partial charge >= 0.3 is 0 Å². The van der Waals surface area contributed by atoms with E-state index in [1.54, 1.807) is 38.1 Å². The quantitative estimate of drug-likeness (QED) is 0.448. The number of ether oxygens (including phenoxy) is 2. The number of aromatic nitrogens is 1. The summed E-state index contributed by atoms with van der Waals surface area (Å²) in [7, 11) is 1.91. The predicted molar refractivity (Wildman–Crippen MR) is 128 cm³/mol. The van der Waals surface area contributed by atoms with Crippen LogP contribution in [-0.2, 0) is 16.9 Å². The fourth-order valence-corrected chi connectivity index (χ4v) is 6.41. The van der Waals surface area contributed by atoms with Crippen molar-refractivity contribution in [2.45, 2.75) is 18.9 Å². The summed E-state index contributed by atoms with van der Waals surface area (Å²) in [5, 5.41) is 0.559. The first kappa shape index (κ1) is 22.3. The van der Waals surface area contributed by atoms with E-state index in [0.29, 0.717) is 40.4 Å². The van der Waals surface area contributed by atoms with Crippen LogP contribution in [0.2, 0.25) is 0 Å². The molecule has 1 aliphatic heterocycles. The lowest BCUT2D eigenvalue weighted by Crippen LogP contribution is -2.27. The molecule has 2 N–H and O–H groups in total. The zero-order valence-electron chi connectivity index (χ0n) is 18.1. The largest absolute Gasteiger partial charge is 0.493 e. The van der Waals surface area contributed by atoms with Crippen molar-refractivity contribution < 1.29 is 17.9 Å². The highest BCUT2D eigenvalue weighted by molar-refractivity contribution is 7.91. The Hall–Kier alpha value is -2.85. The van der Waals surface area contributed by atoms with Crippen LogP contribution in [0.25, 0.3) is 21.2 Å². The maximum atomic E-state index is 12.8. The van der Waals surface area contributed by atoms with Crippen LogP contribution in [0.15, 0.2) is 40.2 Å². The highest BCUT2D eigenvalue weighted by Gasteiger charge is 2.24. The molecule has 8 nitrogen and oxygen atoms in total. The number of rotatable bonds is 5. The average molecular weight is 476 g/mol. The Labute approximate surface area is 190 Å². The van der Waals surface area contributed by atoms with Gasteiger partial charge in [0.15, 0.2) is 11.5 Å². The van der Waals surface area contributed by atoms with Gasteiger partial charge in [-0.15, -0.1) is 11.3 Å².